The molecule has 2 N–H and O–H groups in total. The van der Waals surface area contributed by atoms with Crippen molar-refractivity contribution < 1.29 is 14.7 Å². The molecule has 2 aliphatic rings. The lowest BCUT2D eigenvalue weighted by Crippen LogP contribution is -2.74. The fourth-order valence-electron chi connectivity index (χ4n) is 4.94. The van der Waals surface area contributed by atoms with Gasteiger partial charge < -0.3 is 15.3 Å². The summed E-state index contributed by atoms with van der Waals surface area (Å²) in [5, 5.41) is 18.0. The van der Waals surface area contributed by atoms with Gasteiger partial charge in [-0.3, -0.25) is 19.2 Å². The molecule has 2 amide bonds. The number of nitrogens with one attached hydrogen (secondary N) is 1. The largest absolute Gasteiger partial charge is 0.390 e. The van der Waals surface area contributed by atoms with Crippen molar-refractivity contribution in [3.8, 4) is 0 Å². The minimum Gasteiger partial charge on any atom is -0.390 e. The number of rotatable bonds is 7. The van der Waals surface area contributed by atoms with Gasteiger partial charge in [0.25, 0.3) is 0 Å². The summed E-state index contributed by atoms with van der Waals surface area (Å²) in [6.07, 6.45) is 2.14. The summed E-state index contributed by atoms with van der Waals surface area (Å²) < 4.78 is 1.91. The smallest absolute Gasteiger partial charge is 0.248 e. The van der Waals surface area contributed by atoms with Gasteiger partial charge in [0.1, 0.15) is 11.6 Å². The van der Waals surface area contributed by atoms with Gasteiger partial charge in [-0.2, -0.15) is 5.10 Å². The Kier molecular flexibility index (Phi) is 7.11. The first-order valence-corrected chi connectivity index (χ1v) is 11.6. The van der Waals surface area contributed by atoms with Crippen LogP contribution in [0, 0.1) is 19.8 Å². The standard InChI is InChI=1S/C23H39N5O3/c1-7-8-11-28-21(30)19(20(29)15(2)3)24-22(31)23(28)9-12-27(13-10-23)14-18-16(4)25-26(6)17(18)5/h15,19-20,29H,7-14H2,1-6H3,(H,24,31)/t19-,20-/m1/s1. The van der Waals surface area contributed by atoms with Crippen LogP contribution in [0.5, 0.6) is 0 Å². The van der Waals surface area contributed by atoms with Crippen molar-refractivity contribution in [2.45, 2.75) is 84.5 Å². The van der Waals surface area contributed by atoms with E-state index in [1.54, 1.807) is 4.90 Å². The molecule has 0 saturated carbocycles. The summed E-state index contributed by atoms with van der Waals surface area (Å²) in [5.41, 5.74) is 2.64. The number of piperazine rings is 1. The van der Waals surface area contributed by atoms with Crippen molar-refractivity contribution in [3.63, 3.8) is 0 Å². The predicted octanol–water partition coefficient (Wildman–Crippen LogP) is 1.52. The van der Waals surface area contributed by atoms with Gasteiger partial charge >= 0.3 is 0 Å². The third kappa shape index (κ3) is 4.37. The topological polar surface area (TPSA) is 90.7 Å². The zero-order valence-corrected chi connectivity index (χ0v) is 19.9. The second-order valence-corrected chi connectivity index (χ2v) is 9.61. The van der Waals surface area contributed by atoms with Crippen LogP contribution in [0.15, 0.2) is 0 Å². The molecule has 0 radical (unpaired) electrons. The highest BCUT2D eigenvalue weighted by Gasteiger charge is 2.54. The van der Waals surface area contributed by atoms with Gasteiger partial charge in [-0.1, -0.05) is 27.2 Å². The first-order chi connectivity index (χ1) is 14.6. The van der Waals surface area contributed by atoms with Crippen LogP contribution in [-0.2, 0) is 23.2 Å². The Labute approximate surface area is 186 Å². The minimum absolute atomic E-state index is 0.107. The Bertz CT molecular complexity index is 810. The monoisotopic (exact) mass is 433 g/mol. The molecule has 0 unspecified atom stereocenters. The van der Waals surface area contributed by atoms with Crippen LogP contribution in [0.4, 0.5) is 0 Å². The molecule has 1 spiro atoms. The number of piperidine rings is 1. The van der Waals surface area contributed by atoms with E-state index in [4.69, 9.17) is 0 Å². The molecular weight excluding hydrogens is 394 g/mol. The molecule has 31 heavy (non-hydrogen) atoms. The van der Waals surface area contributed by atoms with Gasteiger partial charge in [-0.25, -0.2) is 0 Å². The van der Waals surface area contributed by atoms with E-state index >= 15 is 0 Å². The quantitative estimate of drug-likeness (QED) is 0.680. The molecule has 3 rings (SSSR count). The highest BCUT2D eigenvalue weighted by molar-refractivity contribution is 6.00. The van der Waals surface area contributed by atoms with E-state index in [0.29, 0.717) is 19.4 Å². The number of aromatic nitrogens is 2. The lowest BCUT2D eigenvalue weighted by Gasteiger charge is -2.52. The number of hydrogen-bond acceptors (Lipinski definition) is 5. The first-order valence-electron chi connectivity index (χ1n) is 11.6. The van der Waals surface area contributed by atoms with Gasteiger partial charge in [-0.05, 0) is 39.0 Å². The summed E-state index contributed by atoms with van der Waals surface area (Å²) in [6.45, 7) is 12.8. The molecular formula is C23H39N5O3. The molecule has 174 valence electrons. The van der Waals surface area contributed by atoms with E-state index in [2.05, 4.69) is 29.2 Å². The van der Waals surface area contributed by atoms with Crippen LogP contribution < -0.4 is 5.32 Å². The average molecular weight is 434 g/mol. The van der Waals surface area contributed by atoms with Crippen LogP contribution in [0.1, 0.15) is 63.4 Å². The molecule has 2 atom stereocenters. The predicted molar refractivity (Wildman–Crippen MR) is 119 cm³/mol. The number of likely N-dealkylation sites (tertiary alicyclic amines) is 1. The second-order valence-electron chi connectivity index (χ2n) is 9.61. The molecule has 1 aromatic rings. The van der Waals surface area contributed by atoms with Gasteiger partial charge in [0.2, 0.25) is 11.8 Å². The Morgan fingerprint density at radius 1 is 1.23 bits per heavy atom. The number of hydrogen-bond donors (Lipinski definition) is 2. The van der Waals surface area contributed by atoms with E-state index in [1.165, 1.54) is 11.3 Å². The Morgan fingerprint density at radius 3 is 2.39 bits per heavy atom. The maximum Gasteiger partial charge on any atom is 0.248 e. The number of amides is 2. The van der Waals surface area contributed by atoms with E-state index in [0.717, 1.165) is 38.2 Å². The molecule has 1 aromatic heterocycles. The Hall–Kier alpha value is -1.93. The zero-order valence-electron chi connectivity index (χ0n) is 19.9. The Balaban J connectivity index is 1.78. The van der Waals surface area contributed by atoms with Gasteiger partial charge in [0, 0.05) is 44.5 Å². The van der Waals surface area contributed by atoms with E-state index in [-0.39, 0.29) is 17.7 Å². The fourth-order valence-corrected chi connectivity index (χ4v) is 4.94. The normalized spacial score (nSPS) is 23.0. The molecule has 0 aromatic carbocycles. The van der Waals surface area contributed by atoms with Gasteiger partial charge in [-0.15, -0.1) is 0 Å². The maximum atomic E-state index is 13.4. The van der Waals surface area contributed by atoms with Crippen LogP contribution >= 0.6 is 0 Å². The summed E-state index contributed by atoms with van der Waals surface area (Å²) in [4.78, 5) is 30.9. The van der Waals surface area contributed by atoms with Crippen molar-refractivity contribution in [2.24, 2.45) is 13.0 Å². The highest BCUT2D eigenvalue weighted by atomic mass is 16.3. The van der Waals surface area contributed by atoms with E-state index < -0.39 is 17.7 Å². The van der Waals surface area contributed by atoms with Crippen LogP contribution in [0.3, 0.4) is 0 Å². The number of unbranched alkanes of at least 4 members (excludes halogenated alkanes) is 1. The number of aliphatic hydroxyl groups excluding tert-OH is 1. The number of aryl methyl sites for hydroxylation is 2. The van der Waals surface area contributed by atoms with E-state index in [1.807, 2.05) is 32.5 Å². The lowest BCUT2D eigenvalue weighted by molar-refractivity contribution is -0.165. The number of carbonyl (C=O) groups is 2. The van der Waals surface area contributed by atoms with Crippen molar-refractivity contribution in [1.29, 1.82) is 0 Å². The van der Waals surface area contributed by atoms with Crippen molar-refractivity contribution in [2.75, 3.05) is 19.6 Å². The van der Waals surface area contributed by atoms with Crippen LogP contribution in [0.2, 0.25) is 0 Å². The summed E-state index contributed by atoms with van der Waals surface area (Å²) >= 11 is 0. The van der Waals surface area contributed by atoms with Gasteiger partial charge in [0.15, 0.2) is 0 Å². The van der Waals surface area contributed by atoms with Crippen LogP contribution in [0.25, 0.3) is 0 Å². The molecule has 8 heteroatoms. The van der Waals surface area contributed by atoms with Gasteiger partial charge in [0.05, 0.1) is 11.8 Å². The van der Waals surface area contributed by atoms with Crippen molar-refractivity contribution in [1.82, 2.24) is 24.9 Å². The third-order valence-electron chi connectivity index (χ3n) is 7.24. The molecule has 2 fully saturated rings. The zero-order chi connectivity index (χ0) is 22.9. The molecule has 0 bridgehead atoms. The molecule has 2 aliphatic heterocycles. The average Bonchev–Trinajstić information content (AvgIpc) is 2.97. The first kappa shape index (κ1) is 23.7. The van der Waals surface area contributed by atoms with Crippen molar-refractivity contribution >= 4 is 11.8 Å². The fraction of sp³-hybridized carbons (Fsp3) is 0.783. The summed E-state index contributed by atoms with van der Waals surface area (Å²) in [5.74, 6) is -0.355. The maximum absolute atomic E-state index is 13.4. The summed E-state index contributed by atoms with van der Waals surface area (Å²) in [7, 11) is 1.96. The highest BCUT2D eigenvalue weighted by Crippen LogP contribution is 2.35. The molecule has 8 nitrogen and oxygen atoms in total. The van der Waals surface area contributed by atoms with Crippen LogP contribution in [-0.4, -0.2) is 73.8 Å². The van der Waals surface area contributed by atoms with E-state index in [9.17, 15) is 14.7 Å². The lowest BCUT2D eigenvalue weighted by atomic mass is 9.80. The van der Waals surface area contributed by atoms with Crippen molar-refractivity contribution in [3.05, 3.63) is 17.0 Å². The molecule has 0 aliphatic carbocycles. The minimum atomic E-state index is -0.880. The number of nitrogens with zero attached hydrogens (tertiary/aromatic N) is 4. The molecule has 3 heterocycles. The molecule has 2 saturated heterocycles. The SMILES string of the molecule is CCCCN1C(=O)[C@@H]([C@H](O)C(C)C)NC(=O)C12CCN(Cc1c(C)nn(C)c1C)CC2. The third-order valence-corrected chi connectivity index (χ3v) is 7.24. The summed E-state index contributed by atoms with van der Waals surface area (Å²) in [6, 6.07) is -0.853. The second kappa shape index (κ2) is 9.28. The Morgan fingerprint density at radius 2 is 1.87 bits per heavy atom. The number of carbonyl (C=O) groups excluding carboxylic acids is 2. The number of aliphatic hydroxyl groups is 1.